The average Bonchev–Trinajstić information content (AvgIpc) is 3.06. The van der Waals surface area contributed by atoms with Crippen molar-refractivity contribution in [3.63, 3.8) is 0 Å². The minimum Gasteiger partial charge on any atom is -0.494 e. The molecule has 10 heteroatoms. The molecule has 4 rings (SSSR count). The number of nitrogens with one attached hydrogen (secondary N) is 1. The molecule has 0 spiro atoms. The Bertz CT molecular complexity index is 1680. The van der Waals surface area contributed by atoms with Gasteiger partial charge in [-0.15, -0.1) is 0 Å². The van der Waals surface area contributed by atoms with Crippen molar-refractivity contribution < 1.29 is 27.1 Å². The number of aryl methyl sites for hydroxylation is 1. The molecule has 0 saturated carbocycles. The van der Waals surface area contributed by atoms with Gasteiger partial charge in [0.15, 0.2) is 0 Å². The molecule has 242 valence electrons. The molecule has 0 aliphatic rings. The van der Waals surface area contributed by atoms with Crippen LogP contribution in [-0.2, 0) is 32.6 Å². The van der Waals surface area contributed by atoms with E-state index < -0.39 is 34.3 Å². The van der Waals surface area contributed by atoms with Gasteiger partial charge in [0.05, 0.1) is 17.2 Å². The van der Waals surface area contributed by atoms with Crippen molar-refractivity contribution >= 4 is 27.5 Å². The SMILES string of the molecule is CCCNC(=O)C(Cc1ccccc1)N(Cc1ccc(C)cc1)C(=O)CN(c1ccc(F)cc1)S(=O)(=O)c1ccc(OCC)cc1. The molecule has 8 nitrogen and oxygen atoms in total. The van der Waals surface area contributed by atoms with E-state index in [-0.39, 0.29) is 29.5 Å². The molecule has 0 aliphatic heterocycles. The van der Waals surface area contributed by atoms with Crippen LogP contribution in [-0.4, -0.2) is 50.9 Å². The standard InChI is InChI=1S/C36H40FN3O5S/c1-4-23-38-36(42)34(24-28-9-7-6-8-10-28)39(25-29-13-11-27(3)12-14-29)35(41)26-40(31-17-15-30(37)16-18-31)46(43,44)33-21-19-32(20-22-33)45-5-2/h6-22,34H,4-5,23-26H2,1-3H3,(H,38,42). The second kappa shape index (κ2) is 16.0. The van der Waals surface area contributed by atoms with Gasteiger partial charge in [-0.1, -0.05) is 67.1 Å². The van der Waals surface area contributed by atoms with Crippen LogP contribution in [0.15, 0.2) is 108 Å². The molecule has 4 aromatic rings. The van der Waals surface area contributed by atoms with Crippen LogP contribution in [0, 0.1) is 12.7 Å². The van der Waals surface area contributed by atoms with Gasteiger partial charge in [0, 0.05) is 19.5 Å². The molecule has 2 amide bonds. The summed E-state index contributed by atoms with van der Waals surface area (Å²) in [6, 6.07) is 26.8. The van der Waals surface area contributed by atoms with E-state index in [4.69, 9.17) is 4.74 Å². The minimum absolute atomic E-state index is 0.0660. The van der Waals surface area contributed by atoms with E-state index in [1.54, 1.807) is 12.1 Å². The van der Waals surface area contributed by atoms with E-state index >= 15 is 0 Å². The first kappa shape index (κ1) is 34.2. The minimum atomic E-state index is -4.32. The Morgan fingerprint density at radius 2 is 1.50 bits per heavy atom. The van der Waals surface area contributed by atoms with Crippen molar-refractivity contribution in [2.24, 2.45) is 0 Å². The molecule has 0 heterocycles. The number of amides is 2. The van der Waals surface area contributed by atoms with Crippen LogP contribution in [0.5, 0.6) is 5.75 Å². The molecule has 4 aromatic carbocycles. The number of halogens is 1. The average molecular weight is 646 g/mol. The van der Waals surface area contributed by atoms with Gasteiger partial charge in [-0.05, 0) is 79.9 Å². The number of nitrogens with zero attached hydrogens (tertiary/aromatic N) is 2. The van der Waals surface area contributed by atoms with Crippen LogP contribution in [0.2, 0.25) is 0 Å². The molecule has 1 unspecified atom stereocenters. The zero-order chi connectivity index (χ0) is 33.1. The van der Waals surface area contributed by atoms with Crippen LogP contribution in [0.1, 0.15) is 37.0 Å². The fraction of sp³-hybridized carbons (Fsp3) is 0.278. The molecule has 46 heavy (non-hydrogen) atoms. The highest BCUT2D eigenvalue weighted by atomic mass is 32.2. The number of hydrogen-bond acceptors (Lipinski definition) is 5. The number of hydrogen-bond donors (Lipinski definition) is 1. The summed E-state index contributed by atoms with van der Waals surface area (Å²) in [5.74, 6) is -0.983. The lowest BCUT2D eigenvalue weighted by Gasteiger charge is -2.34. The van der Waals surface area contributed by atoms with Crippen molar-refractivity contribution in [2.75, 3.05) is 24.0 Å². The zero-order valence-electron chi connectivity index (χ0n) is 26.4. The van der Waals surface area contributed by atoms with Gasteiger partial charge in [-0.3, -0.25) is 13.9 Å². The summed E-state index contributed by atoms with van der Waals surface area (Å²) in [6.45, 7) is 5.99. The zero-order valence-corrected chi connectivity index (χ0v) is 27.2. The Balaban J connectivity index is 1.78. The molecule has 0 bridgehead atoms. The smallest absolute Gasteiger partial charge is 0.264 e. The monoisotopic (exact) mass is 645 g/mol. The summed E-state index contributed by atoms with van der Waals surface area (Å²) in [5, 5.41) is 2.93. The van der Waals surface area contributed by atoms with Gasteiger partial charge < -0.3 is 15.0 Å². The molecule has 1 atom stereocenters. The van der Waals surface area contributed by atoms with Gasteiger partial charge >= 0.3 is 0 Å². The largest absolute Gasteiger partial charge is 0.494 e. The van der Waals surface area contributed by atoms with E-state index in [1.165, 1.54) is 29.2 Å². The van der Waals surface area contributed by atoms with Crippen molar-refractivity contribution in [2.45, 2.75) is 51.1 Å². The molecule has 0 saturated heterocycles. The van der Waals surface area contributed by atoms with Crippen molar-refractivity contribution in [3.05, 3.63) is 126 Å². The van der Waals surface area contributed by atoms with Crippen LogP contribution in [0.25, 0.3) is 0 Å². The highest BCUT2D eigenvalue weighted by Crippen LogP contribution is 2.27. The molecular weight excluding hydrogens is 605 g/mol. The van der Waals surface area contributed by atoms with Crippen molar-refractivity contribution in [1.29, 1.82) is 0 Å². The Kier molecular flexibility index (Phi) is 11.9. The van der Waals surface area contributed by atoms with Gasteiger partial charge in [0.25, 0.3) is 10.0 Å². The predicted molar refractivity (Wildman–Crippen MR) is 178 cm³/mol. The number of sulfonamides is 1. The number of carbonyl (C=O) groups is 2. The fourth-order valence-corrected chi connectivity index (χ4v) is 6.36. The first-order valence-corrected chi connectivity index (χ1v) is 16.7. The van der Waals surface area contributed by atoms with Gasteiger partial charge in [-0.25, -0.2) is 12.8 Å². The second-order valence-electron chi connectivity index (χ2n) is 10.9. The topological polar surface area (TPSA) is 96.0 Å². The first-order chi connectivity index (χ1) is 22.1. The number of carbonyl (C=O) groups excluding carboxylic acids is 2. The Labute approximate surface area is 270 Å². The maximum Gasteiger partial charge on any atom is 0.264 e. The van der Waals surface area contributed by atoms with Crippen LogP contribution < -0.4 is 14.4 Å². The number of ether oxygens (including phenoxy) is 1. The quantitative estimate of drug-likeness (QED) is 0.174. The lowest BCUT2D eigenvalue weighted by atomic mass is 10.0. The summed E-state index contributed by atoms with van der Waals surface area (Å²) < 4.78 is 48.6. The third-order valence-corrected chi connectivity index (χ3v) is 9.20. The Hall–Kier alpha value is -4.70. The molecule has 0 aliphatic carbocycles. The predicted octanol–water partition coefficient (Wildman–Crippen LogP) is 5.89. The van der Waals surface area contributed by atoms with Crippen molar-refractivity contribution in [3.8, 4) is 5.75 Å². The highest BCUT2D eigenvalue weighted by Gasteiger charge is 2.34. The molecule has 1 N–H and O–H groups in total. The highest BCUT2D eigenvalue weighted by molar-refractivity contribution is 7.92. The number of rotatable bonds is 15. The van der Waals surface area contributed by atoms with Crippen LogP contribution in [0.3, 0.4) is 0 Å². The van der Waals surface area contributed by atoms with Gasteiger partial charge in [0.2, 0.25) is 11.8 Å². The summed E-state index contributed by atoms with van der Waals surface area (Å²) in [5.41, 5.74) is 2.77. The molecule has 0 radical (unpaired) electrons. The number of anilines is 1. The summed E-state index contributed by atoms with van der Waals surface area (Å²) >= 11 is 0. The molecule has 0 aromatic heterocycles. The fourth-order valence-electron chi connectivity index (χ4n) is 4.95. The molecular formula is C36H40FN3O5S. The lowest BCUT2D eigenvalue weighted by molar-refractivity contribution is -0.140. The summed E-state index contributed by atoms with van der Waals surface area (Å²) in [6.07, 6.45) is 0.921. The van der Waals surface area contributed by atoms with E-state index in [0.717, 1.165) is 33.1 Å². The lowest BCUT2D eigenvalue weighted by Crippen LogP contribution is -2.53. The van der Waals surface area contributed by atoms with E-state index in [1.807, 2.05) is 75.4 Å². The first-order valence-electron chi connectivity index (χ1n) is 15.3. The third kappa shape index (κ3) is 8.94. The van der Waals surface area contributed by atoms with Gasteiger partial charge in [0.1, 0.15) is 24.2 Å². The van der Waals surface area contributed by atoms with E-state index in [9.17, 15) is 22.4 Å². The molecule has 0 fully saturated rings. The van der Waals surface area contributed by atoms with E-state index in [0.29, 0.717) is 25.3 Å². The van der Waals surface area contributed by atoms with Crippen molar-refractivity contribution in [1.82, 2.24) is 10.2 Å². The maximum absolute atomic E-state index is 14.4. The van der Waals surface area contributed by atoms with Gasteiger partial charge in [-0.2, -0.15) is 0 Å². The summed E-state index contributed by atoms with van der Waals surface area (Å²) in [4.78, 5) is 29.5. The van der Waals surface area contributed by atoms with Crippen LogP contribution >= 0.6 is 0 Å². The number of benzene rings is 4. The normalized spacial score (nSPS) is 11.8. The maximum atomic E-state index is 14.4. The summed E-state index contributed by atoms with van der Waals surface area (Å²) in [7, 11) is -4.32. The second-order valence-corrected chi connectivity index (χ2v) is 12.8. The third-order valence-electron chi connectivity index (χ3n) is 7.41. The van der Waals surface area contributed by atoms with E-state index in [2.05, 4.69) is 5.32 Å². The van der Waals surface area contributed by atoms with Crippen LogP contribution in [0.4, 0.5) is 10.1 Å². The Morgan fingerprint density at radius 1 is 0.848 bits per heavy atom. The Morgan fingerprint density at radius 3 is 2.11 bits per heavy atom.